The highest BCUT2D eigenvalue weighted by Gasteiger charge is 2.39. The number of benzene rings is 3. The monoisotopic (exact) mass is 520 g/mol. The standard InChI is InChI=1S/C29H33BrO2Si/c1-29(2,3)33(4,5)32-25-16-17-26-23(19-25)13-18-27(30)28(26)22-11-14-24(15-12-22)31-20-21-9-7-6-8-10-21/h6-12,14-17,19H,13,18,20H2,1-5H3. The first-order valence-electron chi connectivity index (χ1n) is 11.6. The molecule has 0 saturated heterocycles. The highest BCUT2D eigenvalue weighted by molar-refractivity contribution is 9.11. The molecule has 3 aromatic carbocycles. The quantitative estimate of drug-likeness (QED) is 0.302. The maximum atomic E-state index is 6.57. The van der Waals surface area contributed by atoms with Crippen LogP contribution in [0.5, 0.6) is 11.5 Å². The van der Waals surface area contributed by atoms with Gasteiger partial charge in [0, 0.05) is 4.48 Å². The summed E-state index contributed by atoms with van der Waals surface area (Å²) in [6.07, 6.45) is 2.02. The molecule has 4 heteroatoms. The zero-order chi connectivity index (χ0) is 23.6. The molecule has 0 amide bonds. The Labute approximate surface area is 207 Å². The number of fused-ring (bicyclic) bond motifs is 1. The highest BCUT2D eigenvalue weighted by atomic mass is 79.9. The molecule has 0 aliphatic heterocycles. The molecule has 0 unspecified atom stereocenters. The van der Waals surface area contributed by atoms with Crippen molar-refractivity contribution in [1.82, 2.24) is 0 Å². The smallest absolute Gasteiger partial charge is 0.250 e. The van der Waals surface area contributed by atoms with Crippen molar-refractivity contribution in [3.8, 4) is 11.5 Å². The lowest BCUT2D eigenvalue weighted by Crippen LogP contribution is -2.43. The Hall–Kier alpha value is -2.30. The fraction of sp³-hybridized carbons (Fsp3) is 0.310. The fourth-order valence-corrected chi connectivity index (χ4v) is 5.48. The summed E-state index contributed by atoms with van der Waals surface area (Å²) < 4.78 is 13.8. The lowest BCUT2D eigenvalue weighted by molar-refractivity contribution is 0.306. The van der Waals surface area contributed by atoms with Crippen molar-refractivity contribution in [3.63, 3.8) is 0 Å². The molecular weight excluding hydrogens is 488 g/mol. The van der Waals surface area contributed by atoms with Gasteiger partial charge >= 0.3 is 0 Å². The number of aryl methyl sites for hydroxylation is 1. The number of allylic oxidation sites excluding steroid dienone is 1. The molecule has 1 aliphatic rings. The van der Waals surface area contributed by atoms with E-state index in [0.717, 1.165) is 24.3 Å². The zero-order valence-electron chi connectivity index (χ0n) is 20.2. The fourth-order valence-electron chi connectivity index (χ4n) is 3.82. The van der Waals surface area contributed by atoms with E-state index >= 15 is 0 Å². The molecule has 0 radical (unpaired) electrons. The molecule has 0 bridgehead atoms. The minimum Gasteiger partial charge on any atom is -0.543 e. The molecule has 172 valence electrons. The second-order valence-electron chi connectivity index (χ2n) is 10.3. The summed E-state index contributed by atoms with van der Waals surface area (Å²) in [6.45, 7) is 12.0. The van der Waals surface area contributed by atoms with Gasteiger partial charge in [-0.25, -0.2) is 0 Å². The van der Waals surface area contributed by atoms with Crippen LogP contribution in [0.3, 0.4) is 0 Å². The number of rotatable bonds is 6. The van der Waals surface area contributed by atoms with Crippen molar-refractivity contribution < 1.29 is 9.16 Å². The van der Waals surface area contributed by atoms with E-state index in [9.17, 15) is 0 Å². The van der Waals surface area contributed by atoms with Crippen molar-refractivity contribution >= 4 is 29.8 Å². The molecular formula is C29H33BrO2Si. The lowest BCUT2D eigenvalue weighted by atomic mass is 9.87. The predicted molar refractivity (Wildman–Crippen MR) is 145 cm³/mol. The van der Waals surface area contributed by atoms with E-state index in [2.05, 4.69) is 104 Å². The van der Waals surface area contributed by atoms with Crippen LogP contribution in [0.4, 0.5) is 0 Å². The second-order valence-corrected chi connectivity index (χ2v) is 15.9. The largest absolute Gasteiger partial charge is 0.543 e. The molecule has 0 N–H and O–H groups in total. The van der Waals surface area contributed by atoms with E-state index in [1.807, 2.05) is 18.2 Å². The Morgan fingerprint density at radius 1 is 0.848 bits per heavy atom. The average Bonchev–Trinajstić information content (AvgIpc) is 2.78. The van der Waals surface area contributed by atoms with E-state index in [-0.39, 0.29) is 5.04 Å². The van der Waals surface area contributed by atoms with Gasteiger partial charge in [-0.05, 0) is 83.1 Å². The summed E-state index contributed by atoms with van der Waals surface area (Å²) in [5.74, 6) is 1.89. The van der Waals surface area contributed by atoms with E-state index in [4.69, 9.17) is 9.16 Å². The first-order chi connectivity index (χ1) is 15.6. The van der Waals surface area contributed by atoms with Crippen molar-refractivity contribution in [1.29, 1.82) is 0 Å². The molecule has 0 fully saturated rings. The van der Waals surface area contributed by atoms with Crippen LogP contribution in [-0.4, -0.2) is 8.32 Å². The summed E-state index contributed by atoms with van der Waals surface area (Å²) >= 11 is 3.86. The maximum Gasteiger partial charge on any atom is 0.250 e. The molecule has 0 atom stereocenters. The molecule has 1 aliphatic carbocycles. The van der Waals surface area contributed by atoms with Crippen molar-refractivity contribution in [3.05, 3.63) is 99.5 Å². The van der Waals surface area contributed by atoms with Crippen LogP contribution in [-0.2, 0) is 13.0 Å². The zero-order valence-corrected chi connectivity index (χ0v) is 22.8. The van der Waals surface area contributed by atoms with E-state index < -0.39 is 8.32 Å². The molecule has 0 heterocycles. The van der Waals surface area contributed by atoms with Gasteiger partial charge in [-0.1, -0.05) is 85.2 Å². The predicted octanol–water partition coefficient (Wildman–Crippen LogP) is 8.75. The summed E-state index contributed by atoms with van der Waals surface area (Å²) in [5.41, 5.74) is 6.28. The van der Waals surface area contributed by atoms with Gasteiger partial charge in [0.05, 0.1) is 0 Å². The minimum atomic E-state index is -1.86. The van der Waals surface area contributed by atoms with Crippen LogP contribution in [0.25, 0.3) is 5.57 Å². The summed E-state index contributed by atoms with van der Waals surface area (Å²) in [5, 5.41) is 0.182. The van der Waals surface area contributed by atoms with Gasteiger partial charge in [0.15, 0.2) is 0 Å². The van der Waals surface area contributed by atoms with Gasteiger partial charge in [-0.15, -0.1) is 0 Å². The van der Waals surface area contributed by atoms with Gasteiger partial charge in [0.25, 0.3) is 0 Å². The van der Waals surface area contributed by atoms with Gasteiger partial charge in [0.1, 0.15) is 18.1 Å². The average molecular weight is 522 g/mol. The normalized spacial score (nSPS) is 14.1. The Kier molecular flexibility index (Phi) is 6.87. The maximum absolute atomic E-state index is 6.57. The lowest BCUT2D eigenvalue weighted by Gasteiger charge is -2.36. The van der Waals surface area contributed by atoms with Crippen molar-refractivity contribution in [2.24, 2.45) is 0 Å². The van der Waals surface area contributed by atoms with Crippen LogP contribution < -0.4 is 9.16 Å². The molecule has 0 saturated carbocycles. The third kappa shape index (κ3) is 5.44. The Balaban J connectivity index is 1.54. The molecule has 3 aromatic rings. The second kappa shape index (κ2) is 9.52. The van der Waals surface area contributed by atoms with Crippen molar-refractivity contribution in [2.45, 2.75) is 58.4 Å². The summed E-state index contributed by atoms with van der Waals surface area (Å²) in [6, 6.07) is 25.3. The van der Waals surface area contributed by atoms with Crippen LogP contribution in [0.1, 0.15) is 49.4 Å². The third-order valence-corrected chi connectivity index (χ3v) is 12.0. The first kappa shape index (κ1) is 23.8. The number of hydrogen-bond donors (Lipinski definition) is 0. The van der Waals surface area contributed by atoms with E-state index in [0.29, 0.717) is 6.61 Å². The first-order valence-corrected chi connectivity index (χ1v) is 15.3. The van der Waals surface area contributed by atoms with Crippen molar-refractivity contribution in [2.75, 3.05) is 0 Å². The van der Waals surface area contributed by atoms with Gasteiger partial charge in [0.2, 0.25) is 8.32 Å². The third-order valence-electron chi connectivity index (χ3n) is 6.80. The van der Waals surface area contributed by atoms with E-state index in [1.54, 1.807) is 0 Å². The minimum absolute atomic E-state index is 0.182. The Bertz CT molecular complexity index is 1140. The van der Waals surface area contributed by atoms with Crippen LogP contribution in [0.2, 0.25) is 18.1 Å². The van der Waals surface area contributed by atoms with Gasteiger partial charge in [-0.3, -0.25) is 0 Å². The van der Waals surface area contributed by atoms with Crippen LogP contribution in [0.15, 0.2) is 77.3 Å². The molecule has 0 aromatic heterocycles. The number of hydrogen-bond acceptors (Lipinski definition) is 2. The number of halogens is 1. The van der Waals surface area contributed by atoms with E-state index in [1.165, 1.54) is 32.3 Å². The molecule has 0 spiro atoms. The SMILES string of the molecule is CC(C)(C)[Si](C)(C)Oc1ccc2c(c1)CCC(Br)=C2c1ccc(OCc2ccccc2)cc1. The van der Waals surface area contributed by atoms with Crippen LogP contribution in [0, 0.1) is 0 Å². The Morgan fingerprint density at radius 3 is 2.18 bits per heavy atom. The topological polar surface area (TPSA) is 18.5 Å². The molecule has 2 nitrogen and oxygen atoms in total. The van der Waals surface area contributed by atoms with Gasteiger partial charge in [-0.2, -0.15) is 0 Å². The summed E-state index contributed by atoms with van der Waals surface area (Å²) in [4.78, 5) is 0. The van der Waals surface area contributed by atoms with Crippen LogP contribution >= 0.6 is 15.9 Å². The van der Waals surface area contributed by atoms with Gasteiger partial charge < -0.3 is 9.16 Å². The highest BCUT2D eigenvalue weighted by Crippen LogP contribution is 2.42. The Morgan fingerprint density at radius 2 is 1.52 bits per heavy atom. The molecule has 4 rings (SSSR count). The number of ether oxygens (including phenoxy) is 1. The summed E-state index contributed by atoms with van der Waals surface area (Å²) in [7, 11) is -1.86. The molecule has 33 heavy (non-hydrogen) atoms.